The summed E-state index contributed by atoms with van der Waals surface area (Å²) in [6, 6.07) is -0.00944. The van der Waals surface area contributed by atoms with Crippen LogP contribution in [-0.2, 0) is 4.79 Å². The van der Waals surface area contributed by atoms with Crippen LogP contribution in [0.5, 0.6) is 0 Å². The minimum atomic E-state index is -0.213. The lowest BCUT2D eigenvalue weighted by Crippen LogP contribution is -2.44. The van der Waals surface area contributed by atoms with Crippen molar-refractivity contribution >= 4 is 17.4 Å². The minimum absolute atomic E-state index is 0.0369. The van der Waals surface area contributed by atoms with Gasteiger partial charge in [0.1, 0.15) is 11.9 Å². The van der Waals surface area contributed by atoms with Gasteiger partial charge in [0, 0.05) is 12.6 Å². The van der Waals surface area contributed by atoms with Crippen molar-refractivity contribution in [2.75, 3.05) is 17.6 Å². The Labute approximate surface area is 107 Å². The van der Waals surface area contributed by atoms with E-state index in [1.807, 2.05) is 25.5 Å². The van der Waals surface area contributed by atoms with Gasteiger partial charge in [-0.05, 0) is 33.6 Å². The predicted octanol–water partition coefficient (Wildman–Crippen LogP) is 1.05. The zero-order chi connectivity index (χ0) is 13.3. The average molecular weight is 251 g/mol. The molecule has 0 bridgehead atoms. The molecule has 0 spiro atoms. The zero-order valence-corrected chi connectivity index (χ0v) is 11.2. The predicted molar refractivity (Wildman–Crippen MR) is 71.4 cm³/mol. The number of piperidine rings is 1. The van der Waals surface area contributed by atoms with E-state index in [2.05, 4.69) is 15.7 Å². The highest BCUT2D eigenvalue weighted by molar-refractivity contribution is 5.86. The maximum absolute atomic E-state index is 11.8. The third kappa shape index (κ3) is 2.27. The fourth-order valence-corrected chi connectivity index (χ4v) is 2.15. The van der Waals surface area contributed by atoms with Crippen molar-refractivity contribution in [1.82, 2.24) is 15.1 Å². The molecule has 100 valence electrons. The first-order valence-corrected chi connectivity index (χ1v) is 6.39. The highest BCUT2D eigenvalue weighted by Crippen LogP contribution is 2.27. The number of aryl methyl sites for hydroxylation is 1. The number of nitrogens with one attached hydrogen (secondary N) is 2. The molecule has 1 unspecified atom stereocenters. The summed E-state index contributed by atoms with van der Waals surface area (Å²) in [5.74, 6) is 0.791. The molecule has 1 saturated heterocycles. The smallest absolute Gasteiger partial charge is 0.242 e. The number of hydrogen-bond donors (Lipinski definition) is 3. The lowest BCUT2D eigenvalue weighted by molar-refractivity contribution is -0.123. The van der Waals surface area contributed by atoms with Gasteiger partial charge in [0.2, 0.25) is 5.91 Å². The molecule has 1 atom stereocenters. The molecule has 1 aliphatic rings. The molecule has 2 rings (SSSR count). The van der Waals surface area contributed by atoms with Crippen molar-refractivity contribution < 1.29 is 4.79 Å². The number of carbonyl (C=O) groups excluding carboxylic acids is 1. The van der Waals surface area contributed by atoms with Crippen LogP contribution in [-0.4, -0.2) is 28.3 Å². The van der Waals surface area contributed by atoms with E-state index in [0.717, 1.165) is 30.9 Å². The summed E-state index contributed by atoms with van der Waals surface area (Å²) in [5.41, 5.74) is 7.45. The average Bonchev–Trinajstić information content (AvgIpc) is 2.60. The van der Waals surface area contributed by atoms with Crippen molar-refractivity contribution in [3.8, 4) is 0 Å². The number of nitrogens with zero attached hydrogens (tertiary/aromatic N) is 2. The molecule has 4 N–H and O–H groups in total. The molecule has 0 radical (unpaired) electrons. The number of rotatable bonds is 3. The SMILES string of the molecule is Cc1nn(C(C)C)c(NC2CCCNC2=O)c1N. The summed E-state index contributed by atoms with van der Waals surface area (Å²) in [5, 5.41) is 10.5. The Kier molecular flexibility index (Phi) is 3.45. The van der Waals surface area contributed by atoms with Gasteiger partial charge in [-0.15, -0.1) is 0 Å². The lowest BCUT2D eigenvalue weighted by Gasteiger charge is -2.24. The molecule has 6 heteroatoms. The summed E-state index contributed by atoms with van der Waals surface area (Å²) in [6.45, 7) is 6.71. The fourth-order valence-electron chi connectivity index (χ4n) is 2.15. The van der Waals surface area contributed by atoms with E-state index in [1.165, 1.54) is 0 Å². The minimum Gasteiger partial charge on any atom is -0.394 e. The van der Waals surface area contributed by atoms with E-state index in [4.69, 9.17) is 5.73 Å². The summed E-state index contributed by atoms with van der Waals surface area (Å²) >= 11 is 0. The molecule has 1 amide bonds. The Morgan fingerprint density at radius 2 is 2.28 bits per heavy atom. The van der Waals surface area contributed by atoms with Gasteiger partial charge in [0.15, 0.2) is 0 Å². The number of hydrogen-bond acceptors (Lipinski definition) is 4. The van der Waals surface area contributed by atoms with E-state index in [9.17, 15) is 4.79 Å². The van der Waals surface area contributed by atoms with Gasteiger partial charge in [-0.1, -0.05) is 0 Å². The van der Waals surface area contributed by atoms with Crippen LogP contribution in [0, 0.1) is 6.92 Å². The Bertz CT molecular complexity index is 452. The van der Waals surface area contributed by atoms with E-state index in [0.29, 0.717) is 5.69 Å². The normalized spacial score (nSPS) is 20.0. The van der Waals surface area contributed by atoms with Crippen molar-refractivity contribution in [1.29, 1.82) is 0 Å². The molecule has 0 aromatic carbocycles. The first-order chi connectivity index (χ1) is 8.50. The van der Waals surface area contributed by atoms with Gasteiger partial charge >= 0.3 is 0 Å². The maximum Gasteiger partial charge on any atom is 0.242 e. The Morgan fingerprint density at radius 3 is 2.89 bits per heavy atom. The quantitative estimate of drug-likeness (QED) is 0.749. The maximum atomic E-state index is 11.8. The van der Waals surface area contributed by atoms with Crippen LogP contribution < -0.4 is 16.4 Å². The lowest BCUT2D eigenvalue weighted by atomic mass is 10.1. The van der Waals surface area contributed by atoms with Gasteiger partial charge in [-0.2, -0.15) is 5.10 Å². The van der Waals surface area contributed by atoms with Gasteiger partial charge < -0.3 is 16.4 Å². The number of aromatic nitrogens is 2. The number of anilines is 2. The Balaban J connectivity index is 2.24. The van der Waals surface area contributed by atoms with Gasteiger partial charge in [0.05, 0.1) is 11.4 Å². The van der Waals surface area contributed by atoms with Crippen LogP contribution in [0.4, 0.5) is 11.5 Å². The van der Waals surface area contributed by atoms with E-state index < -0.39 is 0 Å². The Hall–Kier alpha value is -1.72. The van der Waals surface area contributed by atoms with Crippen molar-refractivity contribution in [2.24, 2.45) is 0 Å². The fraction of sp³-hybridized carbons (Fsp3) is 0.667. The molecular formula is C12H21N5O. The summed E-state index contributed by atoms with van der Waals surface area (Å²) in [6.07, 6.45) is 1.81. The topological polar surface area (TPSA) is 85.0 Å². The summed E-state index contributed by atoms with van der Waals surface area (Å²) in [4.78, 5) is 11.8. The molecule has 6 nitrogen and oxygen atoms in total. The van der Waals surface area contributed by atoms with Crippen LogP contribution in [0.15, 0.2) is 0 Å². The Morgan fingerprint density at radius 1 is 1.56 bits per heavy atom. The second-order valence-electron chi connectivity index (χ2n) is 5.02. The number of carbonyl (C=O) groups is 1. The molecule has 18 heavy (non-hydrogen) atoms. The molecule has 0 saturated carbocycles. The first kappa shape index (κ1) is 12.7. The summed E-state index contributed by atoms with van der Waals surface area (Å²) in [7, 11) is 0. The molecule has 1 fully saturated rings. The highest BCUT2D eigenvalue weighted by atomic mass is 16.2. The van der Waals surface area contributed by atoms with E-state index >= 15 is 0 Å². The monoisotopic (exact) mass is 251 g/mol. The molecule has 1 aromatic heterocycles. The van der Waals surface area contributed by atoms with Crippen LogP contribution >= 0.6 is 0 Å². The zero-order valence-electron chi connectivity index (χ0n) is 11.2. The van der Waals surface area contributed by atoms with Gasteiger partial charge in [-0.3, -0.25) is 4.79 Å². The number of amides is 1. The summed E-state index contributed by atoms with van der Waals surface area (Å²) < 4.78 is 1.84. The molecule has 0 aliphatic carbocycles. The van der Waals surface area contributed by atoms with E-state index in [-0.39, 0.29) is 18.0 Å². The standard InChI is InChI=1S/C12H21N5O/c1-7(2)17-11(10(13)8(3)16-17)15-9-5-4-6-14-12(9)18/h7,9,15H,4-6,13H2,1-3H3,(H,14,18). The van der Waals surface area contributed by atoms with Crippen LogP contribution in [0.2, 0.25) is 0 Å². The van der Waals surface area contributed by atoms with Crippen molar-refractivity contribution in [2.45, 2.75) is 45.7 Å². The third-order valence-corrected chi connectivity index (χ3v) is 3.22. The second-order valence-corrected chi connectivity index (χ2v) is 5.02. The highest BCUT2D eigenvalue weighted by Gasteiger charge is 2.25. The first-order valence-electron chi connectivity index (χ1n) is 6.39. The largest absolute Gasteiger partial charge is 0.394 e. The molecule has 1 aliphatic heterocycles. The molecule has 2 heterocycles. The molecular weight excluding hydrogens is 230 g/mol. The van der Waals surface area contributed by atoms with E-state index in [1.54, 1.807) is 0 Å². The van der Waals surface area contributed by atoms with Crippen LogP contribution in [0.25, 0.3) is 0 Å². The van der Waals surface area contributed by atoms with Gasteiger partial charge in [-0.25, -0.2) is 4.68 Å². The third-order valence-electron chi connectivity index (χ3n) is 3.22. The molecule has 1 aromatic rings. The van der Waals surface area contributed by atoms with Crippen LogP contribution in [0.1, 0.15) is 38.4 Å². The number of nitrogens with two attached hydrogens (primary N) is 1. The number of nitrogen functional groups attached to an aromatic ring is 1. The van der Waals surface area contributed by atoms with Gasteiger partial charge in [0.25, 0.3) is 0 Å². The van der Waals surface area contributed by atoms with Crippen molar-refractivity contribution in [3.63, 3.8) is 0 Å². The second kappa shape index (κ2) is 4.88. The van der Waals surface area contributed by atoms with Crippen LogP contribution in [0.3, 0.4) is 0 Å². The van der Waals surface area contributed by atoms with Crippen molar-refractivity contribution in [3.05, 3.63) is 5.69 Å².